The molecular weight excluding hydrogens is 314 g/mol. The highest BCUT2D eigenvalue weighted by molar-refractivity contribution is 5.69. The number of aromatic nitrogens is 2. The van der Waals surface area contributed by atoms with Crippen molar-refractivity contribution in [1.29, 1.82) is 0 Å². The van der Waals surface area contributed by atoms with E-state index in [0.29, 0.717) is 5.95 Å². The molecule has 0 aliphatic heterocycles. The van der Waals surface area contributed by atoms with E-state index < -0.39 is 0 Å². The smallest absolute Gasteiger partial charge is 0.229 e. The van der Waals surface area contributed by atoms with E-state index in [1.807, 2.05) is 57.1 Å². The molecule has 0 atom stereocenters. The number of rotatable bonds is 7. The number of hydrogen-bond donors (Lipinski definition) is 2. The van der Waals surface area contributed by atoms with Crippen LogP contribution in [0, 0.1) is 6.92 Å². The Hall–Kier alpha value is -3.02. The van der Waals surface area contributed by atoms with Crippen molar-refractivity contribution < 1.29 is 4.74 Å². The lowest BCUT2D eigenvalue weighted by atomic mass is 10.2. The molecule has 0 spiro atoms. The molecule has 2 N–H and O–H groups in total. The van der Waals surface area contributed by atoms with Gasteiger partial charge in [0.05, 0.1) is 12.8 Å². The monoisotopic (exact) mass is 339 g/mol. The average Bonchev–Trinajstić information content (AvgIpc) is 2.61. The molecule has 0 saturated heterocycles. The van der Waals surface area contributed by atoms with Gasteiger partial charge in [-0.2, -0.15) is 4.98 Å². The van der Waals surface area contributed by atoms with Crippen LogP contribution in [-0.2, 0) is 0 Å². The van der Waals surface area contributed by atoms with Crippen LogP contribution in [0.25, 0.3) is 0 Å². The van der Waals surface area contributed by atoms with Crippen LogP contribution in [0.4, 0.5) is 23.1 Å². The lowest BCUT2D eigenvalue weighted by Crippen LogP contribution is -2.09. The molecule has 1 aromatic heterocycles. The van der Waals surface area contributed by atoms with E-state index >= 15 is 0 Å². The standard InChI is InChI=1S/C19H25N5O/c1-7-24(12-13(2)3)16-9-8-15(10-17(16)25-6)22-19-21-11-14(4)18(20-5)23-19/h7-12H,1H2,2-6H3,(H2,20,21,22,23). The summed E-state index contributed by atoms with van der Waals surface area (Å²) in [5, 5.41) is 6.26. The number of anilines is 4. The summed E-state index contributed by atoms with van der Waals surface area (Å²) in [5.74, 6) is 2.04. The van der Waals surface area contributed by atoms with Crippen LogP contribution in [-0.4, -0.2) is 24.1 Å². The highest BCUT2D eigenvalue weighted by atomic mass is 16.5. The first-order chi connectivity index (χ1) is 12.0. The molecule has 1 aromatic carbocycles. The number of nitrogens with zero attached hydrogens (tertiary/aromatic N) is 3. The van der Waals surface area contributed by atoms with Crippen molar-refractivity contribution in [1.82, 2.24) is 9.97 Å². The molecular formula is C19H25N5O. The maximum absolute atomic E-state index is 5.54. The Kier molecular flexibility index (Phi) is 6.00. The van der Waals surface area contributed by atoms with Crippen LogP contribution in [0.3, 0.4) is 0 Å². The molecule has 0 saturated carbocycles. The van der Waals surface area contributed by atoms with Gasteiger partial charge in [-0.1, -0.05) is 12.2 Å². The molecule has 0 amide bonds. The van der Waals surface area contributed by atoms with E-state index in [4.69, 9.17) is 4.74 Å². The van der Waals surface area contributed by atoms with Gasteiger partial charge in [0.15, 0.2) is 0 Å². The number of hydrogen-bond acceptors (Lipinski definition) is 6. The van der Waals surface area contributed by atoms with Crippen LogP contribution in [0.2, 0.25) is 0 Å². The van der Waals surface area contributed by atoms with E-state index in [1.54, 1.807) is 19.5 Å². The first kappa shape index (κ1) is 18.3. The third-order valence-corrected chi connectivity index (χ3v) is 3.52. The Labute approximate surface area is 149 Å². The Morgan fingerprint density at radius 2 is 2.08 bits per heavy atom. The first-order valence-electron chi connectivity index (χ1n) is 8.01. The maximum atomic E-state index is 5.54. The zero-order valence-corrected chi connectivity index (χ0v) is 15.4. The minimum atomic E-state index is 0.523. The predicted octanol–water partition coefficient (Wildman–Crippen LogP) is 4.45. The van der Waals surface area contributed by atoms with Gasteiger partial charge in [-0.3, -0.25) is 0 Å². The molecule has 0 bridgehead atoms. The van der Waals surface area contributed by atoms with Gasteiger partial charge >= 0.3 is 0 Å². The predicted molar refractivity (Wildman–Crippen MR) is 105 cm³/mol. The quantitative estimate of drug-likeness (QED) is 0.777. The topological polar surface area (TPSA) is 62.3 Å². The molecule has 2 rings (SSSR count). The highest BCUT2D eigenvalue weighted by Crippen LogP contribution is 2.33. The first-order valence-corrected chi connectivity index (χ1v) is 8.01. The summed E-state index contributed by atoms with van der Waals surface area (Å²) in [6, 6.07) is 5.83. The van der Waals surface area contributed by atoms with Crippen molar-refractivity contribution in [3.63, 3.8) is 0 Å². The van der Waals surface area contributed by atoms with E-state index in [1.165, 1.54) is 0 Å². The number of allylic oxidation sites excluding steroid dienone is 1. The summed E-state index contributed by atoms with van der Waals surface area (Å²) >= 11 is 0. The molecule has 132 valence electrons. The van der Waals surface area contributed by atoms with Gasteiger partial charge in [0.2, 0.25) is 5.95 Å². The second-order valence-electron chi connectivity index (χ2n) is 5.78. The molecule has 0 aliphatic rings. The molecule has 2 aromatic rings. The molecule has 0 unspecified atom stereocenters. The minimum absolute atomic E-state index is 0.523. The largest absolute Gasteiger partial charge is 0.494 e. The number of nitrogens with one attached hydrogen (secondary N) is 2. The average molecular weight is 339 g/mol. The van der Waals surface area contributed by atoms with Gasteiger partial charge in [-0.15, -0.1) is 0 Å². The lowest BCUT2D eigenvalue weighted by Gasteiger charge is -2.20. The highest BCUT2D eigenvalue weighted by Gasteiger charge is 2.10. The van der Waals surface area contributed by atoms with Crippen molar-refractivity contribution in [2.75, 3.05) is 29.7 Å². The van der Waals surface area contributed by atoms with Crippen LogP contribution < -0.4 is 20.3 Å². The third-order valence-electron chi connectivity index (χ3n) is 3.52. The summed E-state index contributed by atoms with van der Waals surface area (Å²) in [6.07, 6.45) is 5.53. The summed E-state index contributed by atoms with van der Waals surface area (Å²) in [6.45, 7) is 9.89. The number of aryl methyl sites for hydroxylation is 1. The van der Waals surface area contributed by atoms with E-state index in [0.717, 1.165) is 34.1 Å². The SMILES string of the molecule is C=CN(C=C(C)C)c1ccc(Nc2ncc(C)c(NC)n2)cc1OC. The molecule has 6 nitrogen and oxygen atoms in total. The lowest BCUT2D eigenvalue weighted by molar-refractivity contribution is 0.416. The minimum Gasteiger partial charge on any atom is -0.494 e. The summed E-state index contributed by atoms with van der Waals surface area (Å²) < 4.78 is 5.54. The fourth-order valence-corrected chi connectivity index (χ4v) is 2.35. The van der Waals surface area contributed by atoms with Crippen LogP contribution in [0.1, 0.15) is 19.4 Å². The van der Waals surface area contributed by atoms with Crippen molar-refractivity contribution in [2.45, 2.75) is 20.8 Å². The zero-order chi connectivity index (χ0) is 18.4. The number of ether oxygens (including phenoxy) is 1. The van der Waals surface area contributed by atoms with Crippen LogP contribution in [0.15, 0.2) is 48.9 Å². The summed E-state index contributed by atoms with van der Waals surface area (Å²) in [5.41, 5.74) is 3.90. The van der Waals surface area contributed by atoms with Gasteiger partial charge in [0, 0.05) is 43.0 Å². The van der Waals surface area contributed by atoms with Gasteiger partial charge in [0.25, 0.3) is 0 Å². The van der Waals surface area contributed by atoms with Crippen LogP contribution in [0.5, 0.6) is 5.75 Å². The molecule has 25 heavy (non-hydrogen) atoms. The molecule has 0 radical (unpaired) electrons. The van der Waals surface area contributed by atoms with E-state index in [2.05, 4.69) is 27.2 Å². The van der Waals surface area contributed by atoms with E-state index in [9.17, 15) is 0 Å². The third kappa shape index (κ3) is 4.50. The Balaban J connectivity index is 2.32. The summed E-state index contributed by atoms with van der Waals surface area (Å²) in [4.78, 5) is 10.7. The second kappa shape index (κ2) is 8.19. The summed E-state index contributed by atoms with van der Waals surface area (Å²) in [7, 11) is 3.48. The van der Waals surface area contributed by atoms with Crippen molar-refractivity contribution in [3.05, 3.63) is 54.5 Å². The van der Waals surface area contributed by atoms with Gasteiger partial charge in [0.1, 0.15) is 11.6 Å². The van der Waals surface area contributed by atoms with Crippen molar-refractivity contribution in [3.8, 4) is 5.75 Å². The van der Waals surface area contributed by atoms with Gasteiger partial charge in [-0.25, -0.2) is 4.98 Å². The maximum Gasteiger partial charge on any atom is 0.229 e. The second-order valence-corrected chi connectivity index (χ2v) is 5.78. The van der Waals surface area contributed by atoms with Crippen LogP contribution >= 0.6 is 0 Å². The Morgan fingerprint density at radius 3 is 2.68 bits per heavy atom. The molecule has 1 heterocycles. The Morgan fingerprint density at radius 1 is 1.32 bits per heavy atom. The molecule has 6 heteroatoms. The fourth-order valence-electron chi connectivity index (χ4n) is 2.35. The number of methoxy groups -OCH3 is 1. The van der Waals surface area contributed by atoms with Crippen molar-refractivity contribution in [2.24, 2.45) is 0 Å². The van der Waals surface area contributed by atoms with Gasteiger partial charge < -0.3 is 20.3 Å². The zero-order valence-electron chi connectivity index (χ0n) is 15.4. The molecule has 0 aliphatic carbocycles. The molecule has 0 fully saturated rings. The van der Waals surface area contributed by atoms with Crippen molar-refractivity contribution >= 4 is 23.1 Å². The Bertz CT molecular complexity index is 781. The van der Waals surface area contributed by atoms with E-state index in [-0.39, 0.29) is 0 Å². The van der Waals surface area contributed by atoms with Gasteiger partial charge in [-0.05, 0) is 32.9 Å². The fraction of sp³-hybridized carbons (Fsp3) is 0.263. The normalized spacial score (nSPS) is 9.96. The number of benzene rings is 1.